The van der Waals surface area contributed by atoms with Gasteiger partial charge in [0.25, 0.3) is 5.91 Å². The second-order valence-corrected chi connectivity index (χ2v) is 6.81. The van der Waals surface area contributed by atoms with Crippen molar-refractivity contribution < 1.29 is 14.3 Å². The third-order valence-corrected chi connectivity index (χ3v) is 5.02. The highest BCUT2D eigenvalue weighted by atomic mass is 16.5. The van der Waals surface area contributed by atoms with Crippen LogP contribution in [0.3, 0.4) is 0 Å². The molecule has 0 fully saturated rings. The van der Waals surface area contributed by atoms with Crippen LogP contribution in [0.5, 0.6) is 11.5 Å². The number of amides is 1. The Morgan fingerprint density at radius 2 is 1.86 bits per heavy atom. The molecule has 29 heavy (non-hydrogen) atoms. The van der Waals surface area contributed by atoms with Crippen LogP contribution in [0.4, 0.5) is 17.2 Å². The Kier molecular flexibility index (Phi) is 5.33. The Bertz CT molecular complexity index is 1040. The van der Waals surface area contributed by atoms with Gasteiger partial charge in [0, 0.05) is 35.7 Å². The van der Waals surface area contributed by atoms with Crippen LogP contribution in [-0.2, 0) is 6.42 Å². The van der Waals surface area contributed by atoms with E-state index in [4.69, 9.17) is 9.47 Å². The second kappa shape index (κ2) is 8.22. The Morgan fingerprint density at radius 1 is 1.03 bits per heavy atom. The summed E-state index contributed by atoms with van der Waals surface area (Å²) in [6.45, 7) is 0.719. The van der Waals surface area contributed by atoms with E-state index in [-0.39, 0.29) is 5.91 Å². The molecule has 0 bridgehead atoms. The Morgan fingerprint density at radius 3 is 2.69 bits per heavy atom. The van der Waals surface area contributed by atoms with E-state index < -0.39 is 0 Å². The Balaban J connectivity index is 1.57. The molecular weight excluding hydrogens is 366 g/mol. The van der Waals surface area contributed by atoms with E-state index in [1.165, 1.54) is 5.56 Å². The summed E-state index contributed by atoms with van der Waals surface area (Å²) in [5, 5.41) is 3.23. The van der Waals surface area contributed by atoms with Gasteiger partial charge in [-0.25, -0.2) is 4.98 Å². The van der Waals surface area contributed by atoms with Crippen LogP contribution in [-0.4, -0.2) is 31.7 Å². The van der Waals surface area contributed by atoms with Crippen molar-refractivity contribution in [1.29, 1.82) is 0 Å². The summed E-state index contributed by atoms with van der Waals surface area (Å²) in [7, 11) is 3.19. The van der Waals surface area contributed by atoms with E-state index in [1.54, 1.807) is 32.5 Å². The van der Waals surface area contributed by atoms with Gasteiger partial charge in [0.15, 0.2) is 11.5 Å². The number of ether oxygens (including phenoxy) is 2. The number of carbonyl (C=O) groups excluding carboxylic acids is 1. The molecule has 1 aromatic heterocycles. The van der Waals surface area contributed by atoms with Gasteiger partial charge < -0.3 is 19.7 Å². The minimum atomic E-state index is -0.0186. The lowest BCUT2D eigenvalue weighted by Gasteiger charge is -2.29. The Hall–Kier alpha value is -3.54. The molecular formula is C23H23N3O3. The topological polar surface area (TPSA) is 63.7 Å². The fraction of sp³-hybridized carbons (Fsp3) is 0.217. The number of hydrogen-bond donors (Lipinski definition) is 1. The van der Waals surface area contributed by atoms with Crippen LogP contribution in [0, 0.1) is 0 Å². The zero-order valence-corrected chi connectivity index (χ0v) is 16.5. The van der Waals surface area contributed by atoms with Crippen molar-refractivity contribution in [2.45, 2.75) is 12.8 Å². The van der Waals surface area contributed by atoms with Crippen molar-refractivity contribution >= 4 is 23.1 Å². The maximum atomic E-state index is 13.2. The van der Waals surface area contributed by atoms with Crippen LogP contribution in [0.1, 0.15) is 22.3 Å². The standard InChI is InChI=1S/C23H23N3O3/c1-28-20-10-9-18(15-21(20)29-2)25-22-14-17(11-12-24-22)23(27)26-13-5-7-16-6-3-4-8-19(16)26/h3-4,6,8-12,14-15H,5,7,13H2,1-2H3,(H,24,25). The molecule has 1 aliphatic heterocycles. The molecule has 2 heterocycles. The number of carbonyl (C=O) groups is 1. The second-order valence-electron chi connectivity index (χ2n) is 6.81. The van der Waals surface area contributed by atoms with Crippen molar-refractivity contribution in [1.82, 2.24) is 4.98 Å². The highest BCUT2D eigenvalue weighted by molar-refractivity contribution is 6.07. The molecule has 1 amide bonds. The number of rotatable bonds is 5. The fourth-order valence-electron chi connectivity index (χ4n) is 3.59. The van der Waals surface area contributed by atoms with Crippen LogP contribution >= 0.6 is 0 Å². The minimum absolute atomic E-state index is 0.0186. The molecule has 4 rings (SSSR count). The minimum Gasteiger partial charge on any atom is -0.493 e. The van der Waals surface area contributed by atoms with Crippen LogP contribution < -0.4 is 19.7 Å². The van der Waals surface area contributed by atoms with Gasteiger partial charge in [-0.15, -0.1) is 0 Å². The molecule has 148 valence electrons. The number of fused-ring (bicyclic) bond motifs is 1. The molecule has 0 atom stereocenters. The molecule has 0 saturated heterocycles. The number of para-hydroxylation sites is 1. The molecule has 1 N–H and O–H groups in total. The van der Waals surface area contributed by atoms with Gasteiger partial charge >= 0.3 is 0 Å². The summed E-state index contributed by atoms with van der Waals surface area (Å²) in [4.78, 5) is 19.4. The number of aryl methyl sites for hydroxylation is 1. The number of pyridine rings is 1. The molecule has 3 aromatic rings. The third kappa shape index (κ3) is 3.87. The van der Waals surface area contributed by atoms with E-state index in [0.717, 1.165) is 30.8 Å². The predicted molar refractivity (Wildman–Crippen MR) is 114 cm³/mol. The lowest BCUT2D eigenvalue weighted by Crippen LogP contribution is -2.35. The van der Waals surface area contributed by atoms with Crippen molar-refractivity contribution in [3.63, 3.8) is 0 Å². The summed E-state index contributed by atoms with van der Waals surface area (Å²) in [5.74, 6) is 1.84. The summed E-state index contributed by atoms with van der Waals surface area (Å²) in [6, 6.07) is 17.1. The SMILES string of the molecule is COc1ccc(Nc2cc(C(=O)N3CCCc4ccccc43)ccn2)cc1OC. The third-order valence-electron chi connectivity index (χ3n) is 5.02. The lowest BCUT2D eigenvalue weighted by molar-refractivity contribution is 0.0985. The van der Waals surface area contributed by atoms with Gasteiger partial charge in [-0.2, -0.15) is 0 Å². The molecule has 0 saturated carbocycles. The number of hydrogen-bond acceptors (Lipinski definition) is 5. The number of methoxy groups -OCH3 is 2. The summed E-state index contributed by atoms with van der Waals surface area (Å²) < 4.78 is 10.6. The smallest absolute Gasteiger partial charge is 0.258 e. The molecule has 6 heteroatoms. The van der Waals surface area contributed by atoms with Crippen molar-refractivity contribution in [3.05, 3.63) is 71.9 Å². The number of nitrogens with zero attached hydrogens (tertiary/aromatic N) is 2. The zero-order chi connectivity index (χ0) is 20.2. The number of benzene rings is 2. The summed E-state index contributed by atoms with van der Waals surface area (Å²) in [5.41, 5.74) is 3.60. The predicted octanol–water partition coefficient (Wildman–Crippen LogP) is 4.44. The molecule has 0 radical (unpaired) electrons. The molecule has 6 nitrogen and oxygen atoms in total. The quantitative estimate of drug-likeness (QED) is 0.699. The van der Waals surface area contributed by atoms with Gasteiger partial charge in [-0.1, -0.05) is 18.2 Å². The molecule has 2 aromatic carbocycles. The Labute approximate surface area is 170 Å². The first kappa shape index (κ1) is 18.8. The van der Waals surface area contributed by atoms with Gasteiger partial charge in [0.05, 0.1) is 14.2 Å². The largest absolute Gasteiger partial charge is 0.493 e. The molecule has 0 unspecified atom stereocenters. The van der Waals surface area contributed by atoms with Gasteiger partial charge in [-0.3, -0.25) is 4.79 Å². The van der Waals surface area contributed by atoms with Crippen LogP contribution in [0.15, 0.2) is 60.8 Å². The maximum absolute atomic E-state index is 13.2. The first-order valence-corrected chi connectivity index (χ1v) is 9.54. The van der Waals surface area contributed by atoms with Gasteiger partial charge in [0.2, 0.25) is 0 Å². The van der Waals surface area contributed by atoms with E-state index in [0.29, 0.717) is 22.9 Å². The molecule has 0 aliphatic carbocycles. The van der Waals surface area contributed by atoms with E-state index >= 15 is 0 Å². The summed E-state index contributed by atoms with van der Waals surface area (Å²) >= 11 is 0. The van der Waals surface area contributed by atoms with Gasteiger partial charge in [0.1, 0.15) is 5.82 Å². The van der Waals surface area contributed by atoms with Crippen LogP contribution in [0.2, 0.25) is 0 Å². The fourth-order valence-corrected chi connectivity index (χ4v) is 3.59. The first-order chi connectivity index (χ1) is 14.2. The molecule has 1 aliphatic rings. The normalized spacial score (nSPS) is 12.8. The number of anilines is 3. The van der Waals surface area contributed by atoms with E-state index in [1.807, 2.05) is 41.3 Å². The van der Waals surface area contributed by atoms with Crippen LogP contribution in [0.25, 0.3) is 0 Å². The average Bonchev–Trinajstić information content (AvgIpc) is 2.78. The molecule has 0 spiro atoms. The lowest BCUT2D eigenvalue weighted by atomic mass is 10.0. The van der Waals surface area contributed by atoms with Crippen molar-refractivity contribution in [3.8, 4) is 11.5 Å². The number of aromatic nitrogens is 1. The number of nitrogens with one attached hydrogen (secondary N) is 1. The van der Waals surface area contributed by atoms with Crippen molar-refractivity contribution in [2.24, 2.45) is 0 Å². The van der Waals surface area contributed by atoms with Gasteiger partial charge in [-0.05, 0) is 48.7 Å². The van der Waals surface area contributed by atoms with Crippen molar-refractivity contribution in [2.75, 3.05) is 31.0 Å². The average molecular weight is 389 g/mol. The monoisotopic (exact) mass is 389 g/mol. The zero-order valence-electron chi connectivity index (χ0n) is 16.5. The summed E-state index contributed by atoms with van der Waals surface area (Å²) in [6.07, 6.45) is 3.61. The van der Waals surface area contributed by atoms with E-state index in [2.05, 4.69) is 16.4 Å². The van der Waals surface area contributed by atoms with E-state index in [9.17, 15) is 4.79 Å². The first-order valence-electron chi connectivity index (χ1n) is 9.54. The highest BCUT2D eigenvalue weighted by Crippen LogP contribution is 2.31. The maximum Gasteiger partial charge on any atom is 0.258 e. The highest BCUT2D eigenvalue weighted by Gasteiger charge is 2.23.